The lowest BCUT2D eigenvalue weighted by atomic mass is 9.95. The fraction of sp³-hybridized carbons (Fsp3) is 0.429. The first-order chi connectivity index (χ1) is 6.81. The monoisotopic (exact) mass is 194 g/mol. The average molecular weight is 194 g/mol. The van der Waals surface area contributed by atoms with Crippen LogP contribution in [-0.4, -0.2) is 0 Å². The molecule has 0 spiro atoms. The summed E-state index contributed by atoms with van der Waals surface area (Å²) in [7, 11) is 0. The van der Waals surface area contributed by atoms with Gasteiger partial charge in [0.05, 0.1) is 0 Å². The second-order valence-corrected chi connectivity index (χ2v) is 2.37. The summed E-state index contributed by atoms with van der Waals surface area (Å²) in [6, 6.07) is 0. The molecule has 14 heavy (non-hydrogen) atoms. The summed E-state index contributed by atoms with van der Waals surface area (Å²) in [4.78, 5) is 0. The zero-order valence-electron chi connectivity index (χ0n) is 10.2. The Morgan fingerprint density at radius 3 is 1.50 bits per heavy atom. The summed E-state index contributed by atoms with van der Waals surface area (Å²) in [5.41, 5.74) is 1.44. The first kappa shape index (κ1) is 18.7. The predicted octanol–water partition coefficient (Wildman–Crippen LogP) is 5.30. The van der Waals surface area contributed by atoms with Crippen molar-refractivity contribution in [1.29, 1.82) is 0 Å². The number of allylic oxidation sites excluding steroid dienone is 4. The molecule has 1 saturated carbocycles. The van der Waals surface area contributed by atoms with Gasteiger partial charge in [0.15, 0.2) is 0 Å². The molecule has 82 valence electrons. The average Bonchev–Trinajstić information content (AvgIpc) is 2.23. The molecule has 1 aliphatic rings. The van der Waals surface area contributed by atoms with Crippen molar-refractivity contribution >= 4 is 0 Å². The molecule has 0 nitrogen and oxygen atoms in total. The van der Waals surface area contributed by atoms with Crippen molar-refractivity contribution in [1.82, 2.24) is 0 Å². The minimum absolute atomic E-state index is 1.29. The SMILES string of the molecule is C=C.C=C/C=C\C.C=C1CCC1.CC. The molecule has 1 rings (SSSR count). The molecule has 0 heteroatoms. The molecule has 0 aromatic carbocycles. The Morgan fingerprint density at radius 2 is 1.50 bits per heavy atom. The zero-order chi connectivity index (χ0) is 11.8. The van der Waals surface area contributed by atoms with Crippen molar-refractivity contribution in [2.45, 2.75) is 40.0 Å². The molecule has 0 heterocycles. The van der Waals surface area contributed by atoms with Crippen molar-refractivity contribution in [3.8, 4) is 0 Å². The van der Waals surface area contributed by atoms with E-state index in [0.717, 1.165) is 0 Å². The van der Waals surface area contributed by atoms with Gasteiger partial charge < -0.3 is 0 Å². The van der Waals surface area contributed by atoms with Crippen molar-refractivity contribution in [3.63, 3.8) is 0 Å². The molecule has 0 radical (unpaired) electrons. The van der Waals surface area contributed by atoms with Gasteiger partial charge in [-0.1, -0.05) is 50.8 Å². The van der Waals surface area contributed by atoms with Crippen molar-refractivity contribution < 1.29 is 0 Å². The van der Waals surface area contributed by atoms with E-state index in [-0.39, 0.29) is 0 Å². The third-order valence-electron chi connectivity index (χ3n) is 1.39. The Labute approximate surface area is 90.7 Å². The molecule has 0 aliphatic heterocycles. The van der Waals surface area contributed by atoms with Gasteiger partial charge in [-0.05, 0) is 26.2 Å². The lowest BCUT2D eigenvalue weighted by Gasteiger charge is -2.11. The highest BCUT2D eigenvalue weighted by Gasteiger charge is 2.02. The summed E-state index contributed by atoms with van der Waals surface area (Å²) < 4.78 is 0. The van der Waals surface area contributed by atoms with Gasteiger partial charge in [-0.3, -0.25) is 0 Å². The van der Waals surface area contributed by atoms with Gasteiger partial charge in [0.2, 0.25) is 0 Å². The second-order valence-electron chi connectivity index (χ2n) is 2.37. The predicted molar refractivity (Wildman–Crippen MR) is 70.6 cm³/mol. The van der Waals surface area contributed by atoms with Crippen LogP contribution in [0, 0.1) is 0 Å². The minimum Gasteiger partial charge on any atom is -0.106 e. The number of hydrogen-bond donors (Lipinski definition) is 0. The Balaban J connectivity index is -0.000000128. The smallest absolute Gasteiger partial charge is 0.0320 e. The van der Waals surface area contributed by atoms with Gasteiger partial charge in [-0.25, -0.2) is 0 Å². The summed E-state index contributed by atoms with van der Waals surface area (Å²) in [5.74, 6) is 0. The summed E-state index contributed by atoms with van der Waals surface area (Å²) in [5, 5.41) is 0. The molecule has 0 amide bonds. The summed E-state index contributed by atoms with van der Waals surface area (Å²) in [6.07, 6.45) is 9.55. The highest BCUT2D eigenvalue weighted by Crippen LogP contribution is 2.21. The molecule has 0 unspecified atom stereocenters. The molecule has 0 N–H and O–H groups in total. The molecule has 0 aromatic rings. The highest BCUT2D eigenvalue weighted by atomic mass is 14.1. The molecule has 0 atom stereocenters. The third-order valence-corrected chi connectivity index (χ3v) is 1.39. The van der Waals surface area contributed by atoms with E-state index >= 15 is 0 Å². The van der Waals surface area contributed by atoms with Crippen molar-refractivity contribution in [2.75, 3.05) is 0 Å². The van der Waals surface area contributed by atoms with Crippen molar-refractivity contribution in [2.24, 2.45) is 0 Å². The molecule has 0 saturated heterocycles. The van der Waals surface area contributed by atoms with E-state index in [2.05, 4.69) is 26.3 Å². The van der Waals surface area contributed by atoms with E-state index in [0.29, 0.717) is 0 Å². The van der Waals surface area contributed by atoms with Gasteiger partial charge in [0, 0.05) is 0 Å². The fourth-order valence-electron chi connectivity index (χ4n) is 0.563. The van der Waals surface area contributed by atoms with Crippen LogP contribution < -0.4 is 0 Å². The van der Waals surface area contributed by atoms with Gasteiger partial charge in [-0.2, -0.15) is 0 Å². The zero-order valence-corrected chi connectivity index (χ0v) is 10.2. The molecular formula is C14H26. The highest BCUT2D eigenvalue weighted by molar-refractivity contribution is 5.02. The standard InChI is InChI=1S/2C5H8.C2H6.C2H4/c1-5-3-2-4-5;1-3-5-4-2;2*1-2/h1-4H2;3-5H,1H2,2H3;1-2H3;1-2H2/b;5-4-;;. The maximum atomic E-state index is 3.76. The van der Waals surface area contributed by atoms with E-state index in [9.17, 15) is 0 Å². The number of hydrogen-bond acceptors (Lipinski definition) is 0. The Hall–Kier alpha value is -1.04. The van der Waals surface area contributed by atoms with E-state index < -0.39 is 0 Å². The Kier molecular flexibility index (Phi) is 30.3. The van der Waals surface area contributed by atoms with E-state index in [1.165, 1.54) is 24.8 Å². The molecule has 1 aliphatic carbocycles. The second kappa shape index (κ2) is 22.7. The van der Waals surface area contributed by atoms with Crippen LogP contribution in [0.25, 0.3) is 0 Å². The van der Waals surface area contributed by atoms with Crippen LogP contribution in [0.2, 0.25) is 0 Å². The van der Waals surface area contributed by atoms with E-state index in [4.69, 9.17) is 0 Å². The van der Waals surface area contributed by atoms with Crippen molar-refractivity contribution in [3.05, 3.63) is 50.1 Å². The van der Waals surface area contributed by atoms with Crippen LogP contribution in [0.1, 0.15) is 40.0 Å². The molecule has 0 bridgehead atoms. The fourth-order valence-corrected chi connectivity index (χ4v) is 0.563. The first-order valence-electron chi connectivity index (χ1n) is 5.21. The van der Waals surface area contributed by atoms with Crippen LogP contribution in [0.5, 0.6) is 0 Å². The van der Waals surface area contributed by atoms with E-state index in [1.807, 2.05) is 32.9 Å². The number of rotatable bonds is 1. The summed E-state index contributed by atoms with van der Waals surface area (Å²) >= 11 is 0. The van der Waals surface area contributed by atoms with Crippen LogP contribution in [0.4, 0.5) is 0 Å². The van der Waals surface area contributed by atoms with E-state index in [1.54, 1.807) is 6.08 Å². The van der Waals surface area contributed by atoms with Crippen LogP contribution in [-0.2, 0) is 0 Å². The minimum atomic E-state index is 1.29. The third kappa shape index (κ3) is 22.4. The first-order valence-corrected chi connectivity index (χ1v) is 5.21. The van der Waals surface area contributed by atoms with Crippen LogP contribution >= 0.6 is 0 Å². The Bertz CT molecular complexity index is 134. The largest absolute Gasteiger partial charge is 0.106 e. The molecular weight excluding hydrogens is 168 g/mol. The van der Waals surface area contributed by atoms with Gasteiger partial charge >= 0.3 is 0 Å². The quantitative estimate of drug-likeness (QED) is 0.392. The Morgan fingerprint density at radius 1 is 1.14 bits per heavy atom. The lowest BCUT2D eigenvalue weighted by molar-refractivity contribution is 0.667. The molecule has 0 aromatic heterocycles. The van der Waals surface area contributed by atoms with Gasteiger partial charge in [-0.15, -0.1) is 13.2 Å². The van der Waals surface area contributed by atoms with Crippen LogP contribution in [0.15, 0.2) is 50.1 Å². The maximum Gasteiger partial charge on any atom is -0.0320 e. The topological polar surface area (TPSA) is 0 Å². The summed E-state index contributed by atoms with van der Waals surface area (Å²) in [6.45, 7) is 19.2. The normalized spacial score (nSPS) is 11.8. The van der Waals surface area contributed by atoms with Gasteiger partial charge in [0.1, 0.15) is 0 Å². The van der Waals surface area contributed by atoms with Gasteiger partial charge in [0.25, 0.3) is 0 Å². The maximum absolute atomic E-state index is 3.76. The molecule has 1 fully saturated rings. The lowest BCUT2D eigenvalue weighted by Crippen LogP contribution is -1.92. The van der Waals surface area contributed by atoms with Crippen LogP contribution in [0.3, 0.4) is 0 Å².